The van der Waals surface area contributed by atoms with Gasteiger partial charge in [0.15, 0.2) is 0 Å². The van der Waals surface area contributed by atoms with Crippen LogP contribution in [-0.2, 0) is 16.2 Å². The van der Waals surface area contributed by atoms with Crippen LogP contribution in [0.5, 0.6) is 5.75 Å². The van der Waals surface area contributed by atoms with Crippen LogP contribution in [0.3, 0.4) is 0 Å². The van der Waals surface area contributed by atoms with Crippen molar-refractivity contribution in [2.45, 2.75) is 20.5 Å². The van der Waals surface area contributed by atoms with Gasteiger partial charge in [-0.25, -0.2) is 9.82 Å². The first-order valence-electron chi connectivity index (χ1n) is 9.61. The van der Waals surface area contributed by atoms with Gasteiger partial charge in [-0.3, -0.25) is 9.59 Å². The molecule has 0 saturated heterocycles. The summed E-state index contributed by atoms with van der Waals surface area (Å²) in [6.45, 7) is 3.73. The average molecular weight is 419 g/mol. The SMILES string of the molecule is Cc1cccc(C)c1NC(=O)C(=O)N/N=C\c1ccccc1OCc1ccccc1F. The molecule has 0 aliphatic rings. The Balaban J connectivity index is 1.61. The Kier molecular flexibility index (Phi) is 7.11. The van der Waals surface area contributed by atoms with Gasteiger partial charge in [0.25, 0.3) is 0 Å². The summed E-state index contributed by atoms with van der Waals surface area (Å²) < 4.78 is 19.5. The maximum Gasteiger partial charge on any atom is 0.329 e. The minimum absolute atomic E-state index is 0.0437. The lowest BCUT2D eigenvalue weighted by molar-refractivity contribution is -0.136. The smallest absolute Gasteiger partial charge is 0.329 e. The van der Waals surface area contributed by atoms with E-state index in [0.717, 1.165) is 11.1 Å². The van der Waals surface area contributed by atoms with Gasteiger partial charge in [0.1, 0.15) is 18.2 Å². The quantitative estimate of drug-likeness (QED) is 0.359. The Morgan fingerprint density at radius 2 is 1.61 bits per heavy atom. The van der Waals surface area contributed by atoms with E-state index in [-0.39, 0.29) is 12.4 Å². The summed E-state index contributed by atoms with van der Waals surface area (Å²) in [5, 5.41) is 6.44. The normalized spacial score (nSPS) is 10.7. The zero-order chi connectivity index (χ0) is 22.2. The largest absolute Gasteiger partial charge is 0.488 e. The Bertz CT molecular complexity index is 1110. The predicted octanol–water partition coefficient (Wildman–Crippen LogP) is 4.11. The molecule has 0 unspecified atom stereocenters. The van der Waals surface area contributed by atoms with Gasteiger partial charge in [-0.2, -0.15) is 5.10 Å². The lowest BCUT2D eigenvalue weighted by atomic mass is 10.1. The number of hydrogen-bond donors (Lipinski definition) is 2. The molecule has 2 N–H and O–H groups in total. The number of para-hydroxylation sites is 2. The number of rotatable bonds is 6. The van der Waals surface area contributed by atoms with E-state index in [2.05, 4.69) is 15.8 Å². The Labute approximate surface area is 179 Å². The standard InChI is InChI=1S/C24H22FN3O3/c1-16-8-7-9-17(2)22(16)27-23(29)24(30)28-26-14-18-10-4-6-13-21(18)31-15-19-11-3-5-12-20(19)25/h3-14H,15H2,1-2H3,(H,27,29)(H,28,30)/b26-14-. The number of ether oxygens (including phenoxy) is 1. The van der Waals surface area contributed by atoms with E-state index in [1.54, 1.807) is 42.5 Å². The number of carbonyl (C=O) groups excluding carboxylic acids is 2. The van der Waals surface area contributed by atoms with Crippen LogP contribution < -0.4 is 15.5 Å². The zero-order valence-electron chi connectivity index (χ0n) is 17.2. The van der Waals surface area contributed by atoms with Crippen molar-refractivity contribution in [3.63, 3.8) is 0 Å². The predicted molar refractivity (Wildman–Crippen MR) is 117 cm³/mol. The van der Waals surface area contributed by atoms with E-state index in [0.29, 0.717) is 22.6 Å². The molecule has 7 heteroatoms. The van der Waals surface area contributed by atoms with Gasteiger partial charge in [0.05, 0.1) is 6.21 Å². The molecule has 0 aliphatic heterocycles. The molecule has 3 rings (SSSR count). The number of anilines is 1. The topological polar surface area (TPSA) is 79.8 Å². The monoisotopic (exact) mass is 419 g/mol. The first kappa shape index (κ1) is 21.7. The molecule has 0 aliphatic carbocycles. The minimum atomic E-state index is -0.899. The maximum absolute atomic E-state index is 13.8. The molecule has 158 valence electrons. The van der Waals surface area contributed by atoms with Gasteiger partial charge < -0.3 is 10.1 Å². The van der Waals surface area contributed by atoms with Crippen molar-refractivity contribution < 1.29 is 18.7 Å². The van der Waals surface area contributed by atoms with E-state index >= 15 is 0 Å². The van der Waals surface area contributed by atoms with Gasteiger partial charge in [-0.15, -0.1) is 0 Å². The van der Waals surface area contributed by atoms with Crippen molar-refractivity contribution in [1.29, 1.82) is 0 Å². The molecule has 3 aromatic rings. The molecule has 2 amide bonds. The second-order valence-electron chi connectivity index (χ2n) is 6.84. The summed E-state index contributed by atoms with van der Waals surface area (Å²) in [7, 11) is 0. The highest BCUT2D eigenvalue weighted by molar-refractivity contribution is 6.39. The fraction of sp³-hybridized carbons (Fsp3) is 0.125. The summed E-state index contributed by atoms with van der Waals surface area (Å²) in [5.74, 6) is -1.61. The number of hydrazone groups is 1. The molecule has 31 heavy (non-hydrogen) atoms. The van der Waals surface area contributed by atoms with Crippen LogP contribution in [0, 0.1) is 19.7 Å². The third kappa shape index (κ3) is 5.76. The number of benzene rings is 3. The molecule has 0 radical (unpaired) electrons. The Hall–Kier alpha value is -4.00. The van der Waals surface area contributed by atoms with Crippen LogP contribution in [0.15, 0.2) is 71.8 Å². The number of carbonyl (C=O) groups is 2. The summed E-state index contributed by atoms with van der Waals surface area (Å²) in [5.41, 5.74) is 5.49. The third-order valence-corrected chi connectivity index (χ3v) is 4.56. The van der Waals surface area contributed by atoms with Crippen LogP contribution in [0.4, 0.5) is 10.1 Å². The lowest BCUT2D eigenvalue weighted by Crippen LogP contribution is -2.32. The molecule has 6 nitrogen and oxygen atoms in total. The first-order chi connectivity index (χ1) is 15.0. The fourth-order valence-corrected chi connectivity index (χ4v) is 2.88. The number of halogens is 1. The van der Waals surface area contributed by atoms with E-state index < -0.39 is 11.8 Å². The zero-order valence-corrected chi connectivity index (χ0v) is 17.2. The molecular formula is C24H22FN3O3. The highest BCUT2D eigenvalue weighted by atomic mass is 19.1. The Morgan fingerprint density at radius 3 is 2.35 bits per heavy atom. The van der Waals surface area contributed by atoms with Gasteiger partial charge in [-0.05, 0) is 43.2 Å². The molecule has 0 spiro atoms. The van der Waals surface area contributed by atoms with Crippen molar-refractivity contribution in [3.8, 4) is 5.75 Å². The van der Waals surface area contributed by atoms with Crippen LogP contribution in [0.1, 0.15) is 22.3 Å². The summed E-state index contributed by atoms with van der Waals surface area (Å²) in [6, 6.07) is 18.9. The molecule has 0 aromatic heterocycles. The van der Waals surface area contributed by atoms with E-state index in [9.17, 15) is 14.0 Å². The van der Waals surface area contributed by atoms with Crippen molar-refractivity contribution in [2.75, 3.05) is 5.32 Å². The summed E-state index contributed by atoms with van der Waals surface area (Å²) in [6.07, 6.45) is 1.36. The number of nitrogens with zero attached hydrogens (tertiary/aromatic N) is 1. The summed E-state index contributed by atoms with van der Waals surface area (Å²) >= 11 is 0. The molecule has 3 aromatic carbocycles. The fourth-order valence-electron chi connectivity index (χ4n) is 2.88. The van der Waals surface area contributed by atoms with Gasteiger partial charge in [0.2, 0.25) is 0 Å². The van der Waals surface area contributed by atoms with Gasteiger partial charge in [-0.1, -0.05) is 48.5 Å². The number of aryl methyl sites for hydroxylation is 2. The third-order valence-electron chi connectivity index (χ3n) is 4.56. The Morgan fingerprint density at radius 1 is 0.935 bits per heavy atom. The second kappa shape index (κ2) is 10.2. The van der Waals surface area contributed by atoms with Crippen LogP contribution >= 0.6 is 0 Å². The molecule has 0 fully saturated rings. The average Bonchev–Trinajstić information content (AvgIpc) is 2.76. The van der Waals surface area contributed by atoms with Crippen molar-refractivity contribution in [2.24, 2.45) is 5.10 Å². The van der Waals surface area contributed by atoms with Crippen molar-refractivity contribution in [1.82, 2.24) is 5.43 Å². The van der Waals surface area contributed by atoms with Crippen LogP contribution in [-0.4, -0.2) is 18.0 Å². The highest BCUT2D eigenvalue weighted by Crippen LogP contribution is 2.20. The van der Waals surface area contributed by atoms with E-state index in [1.807, 2.05) is 32.0 Å². The van der Waals surface area contributed by atoms with Crippen LogP contribution in [0.25, 0.3) is 0 Å². The van der Waals surface area contributed by atoms with Crippen LogP contribution in [0.2, 0.25) is 0 Å². The number of amides is 2. The van der Waals surface area contributed by atoms with E-state index in [4.69, 9.17) is 4.74 Å². The van der Waals surface area contributed by atoms with Crippen molar-refractivity contribution >= 4 is 23.7 Å². The number of hydrogen-bond acceptors (Lipinski definition) is 4. The molecule has 0 bridgehead atoms. The first-order valence-corrected chi connectivity index (χ1v) is 9.61. The maximum atomic E-state index is 13.8. The molecule has 0 saturated carbocycles. The molecule has 0 heterocycles. The lowest BCUT2D eigenvalue weighted by Gasteiger charge is -2.10. The minimum Gasteiger partial charge on any atom is -0.488 e. The number of nitrogens with one attached hydrogen (secondary N) is 2. The molecule has 0 atom stereocenters. The summed E-state index contributed by atoms with van der Waals surface area (Å²) in [4.78, 5) is 24.2. The van der Waals surface area contributed by atoms with Gasteiger partial charge in [0, 0.05) is 16.8 Å². The van der Waals surface area contributed by atoms with E-state index in [1.165, 1.54) is 12.3 Å². The molecular weight excluding hydrogens is 397 g/mol. The van der Waals surface area contributed by atoms with Gasteiger partial charge >= 0.3 is 11.8 Å². The van der Waals surface area contributed by atoms with Crippen molar-refractivity contribution in [3.05, 3.63) is 94.8 Å². The highest BCUT2D eigenvalue weighted by Gasteiger charge is 2.15. The second-order valence-corrected chi connectivity index (χ2v) is 6.84.